The highest BCUT2D eigenvalue weighted by atomic mass is 16.2. The van der Waals surface area contributed by atoms with E-state index >= 15 is 0 Å². The number of carbonyl (C=O) groups is 1. The summed E-state index contributed by atoms with van der Waals surface area (Å²) in [7, 11) is 1.82. The van der Waals surface area contributed by atoms with E-state index in [4.69, 9.17) is 5.73 Å². The number of amides is 1. The van der Waals surface area contributed by atoms with Gasteiger partial charge in [0.1, 0.15) is 6.04 Å². The average Bonchev–Trinajstić information content (AvgIpc) is 3.04. The van der Waals surface area contributed by atoms with E-state index in [-0.39, 0.29) is 5.91 Å². The van der Waals surface area contributed by atoms with Gasteiger partial charge in [-0.2, -0.15) is 5.10 Å². The molecule has 0 aliphatic heterocycles. The summed E-state index contributed by atoms with van der Waals surface area (Å²) < 4.78 is 1.67. The molecule has 2 rings (SSSR count). The molecule has 1 atom stereocenters. The first-order valence-corrected chi connectivity index (χ1v) is 6.14. The van der Waals surface area contributed by atoms with Gasteiger partial charge in [0.25, 0.3) is 0 Å². The van der Waals surface area contributed by atoms with E-state index in [0.29, 0.717) is 5.92 Å². The third-order valence-corrected chi connectivity index (χ3v) is 3.22. The van der Waals surface area contributed by atoms with Crippen LogP contribution in [-0.4, -0.2) is 33.7 Å². The Kier molecular flexibility index (Phi) is 3.47. The van der Waals surface area contributed by atoms with Crippen LogP contribution in [0.25, 0.3) is 0 Å². The smallest absolute Gasteiger partial charge is 0.244 e. The van der Waals surface area contributed by atoms with E-state index in [1.54, 1.807) is 17.1 Å². The maximum Gasteiger partial charge on any atom is 0.244 e. The van der Waals surface area contributed by atoms with Gasteiger partial charge < -0.3 is 10.6 Å². The Morgan fingerprint density at radius 1 is 1.71 bits per heavy atom. The lowest BCUT2D eigenvalue weighted by molar-refractivity contribution is -0.132. The zero-order valence-electron chi connectivity index (χ0n) is 10.5. The topological polar surface area (TPSA) is 64.2 Å². The van der Waals surface area contributed by atoms with E-state index < -0.39 is 6.04 Å². The van der Waals surface area contributed by atoms with Crippen LogP contribution in [-0.2, 0) is 11.8 Å². The number of aromatic nitrogens is 2. The number of hydrogen-bond donors (Lipinski definition) is 1. The van der Waals surface area contributed by atoms with Crippen molar-refractivity contribution in [2.24, 2.45) is 18.7 Å². The van der Waals surface area contributed by atoms with Crippen molar-refractivity contribution in [3.05, 3.63) is 18.0 Å². The summed E-state index contributed by atoms with van der Waals surface area (Å²) in [6.45, 7) is 3.57. The van der Waals surface area contributed by atoms with Crippen LogP contribution in [0.15, 0.2) is 12.4 Å². The first-order valence-electron chi connectivity index (χ1n) is 6.14. The maximum absolute atomic E-state index is 12.2. The zero-order chi connectivity index (χ0) is 12.4. The fraction of sp³-hybridized carbons (Fsp3) is 0.667. The molecule has 1 saturated carbocycles. The minimum absolute atomic E-state index is 0.00685. The molecule has 1 unspecified atom stereocenters. The van der Waals surface area contributed by atoms with Gasteiger partial charge >= 0.3 is 0 Å². The van der Waals surface area contributed by atoms with Crippen LogP contribution in [0.3, 0.4) is 0 Å². The Labute approximate surface area is 102 Å². The molecule has 5 nitrogen and oxygen atoms in total. The second kappa shape index (κ2) is 4.87. The van der Waals surface area contributed by atoms with Gasteiger partial charge in [0, 0.05) is 31.9 Å². The van der Waals surface area contributed by atoms with Crippen molar-refractivity contribution in [3.63, 3.8) is 0 Å². The predicted octanol–water partition coefficient (Wildman–Crippen LogP) is 0.678. The van der Waals surface area contributed by atoms with E-state index in [0.717, 1.165) is 18.7 Å². The highest BCUT2D eigenvalue weighted by Crippen LogP contribution is 2.30. The van der Waals surface area contributed by atoms with E-state index in [2.05, 4.69) is 5.10 Å². The lowest BCUT2D eigenvalue weighted by atomic mass is 10.1. The molecule has 0 bridgehead atoms. The fourth-order valence-corrected chi connectivity index (χ4v) is 1.93. The minimum Gasteiger partial charge on any atom is -0.341 e. The van der Waals surface area contributed by atoms with E-state index in [1.165, 1.54) is 12.8 Å². The Balaban J connectivity index is 2.01. The van der Waals surface area contributed by atoms with Crippen LogP contribution in [0.2, 0.25) is 0 Å². The Morgan fingerprint density at radius 3 is 2.88 bits per heavy atom. The van der Waals surface area contributed by atoms with Crippen molar-refractivity contribution in [3.8, 4) is 0 Å². The number of carbonyl (C=O) groups excluding carboxylic acids is 1. The minimum atomic E-state index is -0.581. The molecule has 1 aliphatic carbocycles. The van der Waals surface area contributed by atoms with Gasteiger partial charge in [-0.15, -0.1) is 0 Å². The van der Waals surface area contributed by atoms with Crippen LogP contribution in [0.5, 0.6) is 0 Å². The van der Waals surface area contributed by atoms with Gasteiger partial charge in [0.15, 0.2) is 0 Å². The van der Waals surface area contributed by atoms with Gasteiger partial charge in [0.05, 0.1) is 6.20 Å². The summed E-state index contributed by atoms with van der Waals surface area (Å²) in [5.41, 5.74) is 6.76. The summed E-state index contributed by atoms with van der Waals surface area (Å²) in [6.07, 6.45) is 5.94. The molecule has 0 spiro atoms. The zero-order valence-corrected chi connectivity index (χ0v) is 10.5. The summed E-state index contributed by atoms with van der Waals surface area (Å²) in [6, 6.07) is -0.581. The van der Waals surface area contributed by atoms with Crippen molar-refractivity contribution >= 4 is 5.91 Å². The first kappa shape index (κ1) is 12.1. The second-order valence-corrected chi connectivity index (χ2v) is 4.75. The van der Waals surface area contributed by atoms with Gasteiger partial charge in [-0.05, 0) is 25.7 Å². The number of aryl methyl sites for hydroxylation is 1. The van der Waals surface area contributed by atoms with Crippen molar-refractivity contribution in [2.45, 2.75) is 25.8 Å². The van der Waals surface area contributed by atoms with Crippen molar-refractivity contribution < 1.29 is 4.79 Å². The molecular weight excluding hydrogens is 216 g/mol. The van der Waals surface area contributed by atoms with Crippen LogP contribution in [0.4, 0.5) is 0 Å². The molecule has 0 aromatic carbocycles. The number of rotatable bonds is 5. The molecule has 1 amide bonds. The summed E-state index contributed by atoms with van der Waals surface area (Å²) in [5, 5.41) is 4.04. The third-order valence-electron chi connectivity index (χ3n) is 3.22. The lowest BCUT2D eigenvalue weighted by Crippen LogP contribution is -2.39. The molecule has 1 aliphatic rings. The molecule has 1 aromatic heterocycles. The second-order valence-electron chi connectivity index (χ2n) is 4.75. The van der Waals surface area contributed by atoms with Gasteiger partial charge in [-0.25, -0.2) is 0 Å². The number of likely N-dealkylation sites (N-methyl/N-ethyl adjacent to an activating group) is 1. The lowest BCUT2D eigenvalue weighted by Gasteiger charge is -2.23. The molecule has 5 heteroatoms. The van der Waals surface area contributed by atoms with Crippen LogP contribution in [0, 0.1) is 5.92 Å². The molecule has 94 valence electrons. The summed E-state index contributed by atoms with van der Waals surface area (Å²) in [5.74, 6) is 0.701. The number of nitrogens with zero attached hydrogens (tertiary/aromatic N) is 3. The monoisotopic (exact) mass is 236 g/mol. The van der Waals surface area contributed by atoms with Gasteiger partial charge in [-0.1, -0.05) is 0 Å². The molecule has 0 radical (unpaired) electrons. The van der Waals surface area contributed by atoms with Gasteiger partial charge in [0.2, 0.25) is 5.91 Å². The predicted molar refractivity (Wildman–Crippen MR) is 65.1 cm³/mol. The molecule has 1 aromatic rings. The van der Waals surface area contributed by atoms with Crippen molar-refractivity contribution in [1.29, 1.82) is 0 Å². The quantitative estimate of drug-likeness (QED) is 0.817. The molecule has 0 saturated heterocycles. The van der Waals surface area contributed by atoms with Crippen molar-refractivity contribution in [2.75, 3.05) is 13.1 Å². The molecule has 1 heterocycles. The Morgan fingerprint density at radius 2 is 2.41 bits per heavy atom. The van der Waals surface area contributed by atoms with Crippen LogP contribution < -0.4 is 5.73 Å². The Bertz CT molecular complexity index is 397. The van der Waals surface area contributed by atoms with E-state index in [1.807, 2.05) is 18.9 Å². The standard InChI is InChI=1S/C12H20N4O/c1-3-16(7-9-4-5-9)12(17)11(13)10-6-14-15(2)8-10/h6,8-9,11H,3-5,7,13H2,1-2H3. The molecule has 1 fully saturated rings. The van der Waals surface area contributed by atoms with Crippen LogP contribution >= 0.6 is 0 Å². The number of hydrogen-bond acceptors (Lipinski definition) is 3. The summed E-state index contributed by atoms with van der Waals surface area (Å²) >= 11 is 0. The molecular formula is C12H20N4O. The normalized spacial score (nSPS) is 16.9. The maximum atomic E-state index is 12.2. The highest BCUT2D eigenvalue weighted by molar-refractivity contribution is 5.82. The van der Waals surface area contributed by atoms with E-state index in [9.17, 15) is 4.79 Å². The SMILES string of the molecule is CCN(CC1CC1)C(=O)C(N)c1cnn(C)c1. The van der Waals surface area contributed by atoms with Gasteiger partial charge in [-0.3, -0.25) is 9.48 Å². The van der Waals surface area contributed by atoms with Crippen molar-refractivity contribution in [1.82, 2.24) is 14.7 Å². The third kappa shape index (κ3) is 2.85. The molecule has 17 heavy (non-hydrogen) atoms. The average molecular weight is 236 g/mol. The molecule has 2 N–H and O–H groups in total. The Hall–Kier alpha value is -1.36. The number of nitrogens with two attached hydrogens (primary N) is 1. The largest absolute Gasteiger partial charge is 0.341 e. The fourth-order valence-electron chi connectivity index (χ4n) is 1.93. The summed E-state index contributed by atoms with van der Waals surface area (Å²) in [4.78, 5) is 14.1. The highest BCUT2D eigenvalue weighted by Gasteiger charge is 2.29. The van der Waals surface area contributed by atoms with Crippen LogP contribution in [0.1, 0.15) is 31.4 Å². The first-order chi connectivity index (χ1) is 8.11.